The van der Waals surface area contributed by atoms with Crippen LogP contribution in [0.2, 0.25) is 0 Å². The number of rotatable bonds is 7. The molecule has 1 fully saturated rings. The Kier molecular flexibility index (Phi) is 5.25. The van der Waals surface area contributed by atoms with Crippen LogP contribution in [0.1, 0.15) is 42.6 Å². The van der Waals surface area contributed by atoms with Gasteiger partial charge in [0.1, 0.15) is 26.4 Å². The van der Waals surface area contributed by atoms with Crippen LogP contribution in [0.4, 0.5) is 13.6 Å². The van der Waals surface area contributed by atoms with Gasteiger partial charge in [0.25, 0.3) is 6.43 Å². The second kappa shape index (κ2) is 7.15. The van der Waals surface area contributed by atoms with Crippen molar-refractivity contribution in [2.24, 2.45) is 0 Å². The molecule has 140 valence electrons. The highest BCUT2D eigenvalue weighted by molar-refractivity contribution is 7.16. The number of carbonyl (C=O) groups excluding carboxylic acids is 1. The number of hydrogen-bond donors (Lipinski definition) is 1. The zero-order chi connectivity index (χ0) is 19.1. The van der Waals surface area contributed by atoms with E-state index >= 15 is 0 Å². The first kappa shape index (κ1) is 19.1. The van der Waals surface area contributed by atoms with Gasteiger partial charge < -0.3 is 15.0 Å². The van der Waals surface area contributed by atoms with E-state index in [1.165, 1.54) is 15.9 Å². The summed E-state index contributed by atoms with van der Waals surface area (Å²) in [6.45, 7) is 2.36. The Morgan fingerprint density at radius 2 is 2.19 bits per heavy atom. The highest BCUT2D eigenvalue weighted by Gasteiger charge is 2.45. The standard InChI is InChI=1S/C14H21B2F2N5O2S/c1-3-4-8-14(15,16)22(12(24)19-8)5-7-10(11(17)18)20-13-23(7)21-9(26-13)6-25-2/h8,11H,3-6,15-16H2,1-2H3,(H,19,24)/t8-/m0/s1. The van der Waals surface area contributed by atoms with Gasteiger partial charge in [-0.25, -0.2) is 23.1 Å². The molecule has 1 saturated heterocycles. The average molecular weight is 383 g/mol. The van der Waals surface area contributed by atoms with Crippen LogP contribution < -0.4 is 5.32 Å². The second-order valence-electron chi connectivity index (χ2n) is 6.90. The maximum atomic E-state index is 13.5. The maximum absolute atomic E-state index is 13.5. The molecule has 1 atom stereocenters. The molecule has 7 nitrogen and oxygen atoms in total. The zero-order valence-corrected chi connectivity index (χ0v) is 16.1. The molecule has 0 unspecified atom stereocenters. The molecular formula is C14H21B2F2N5O2S. The fraction of sp³-hybridized carbons (Fsp3) is 0.643. The van der Waals surface area contributed by atoms with Crippen molar-refractivity contribution < 1.29 is 18.3 Å². The van der Waals surface area contributed by atoms with Crippen LogP contribution >= 0.6 is 11.3 Å². The Labute approximate surface area is 155 Å². The lowest BCUT2D eigenvalue weighted by Crippen LogP contribution is -2.52. The lowest BCUT2D eigenvalue weighted by Gasteiger charge is -2.34. The summed E-state index contributed by atoms with van der Waals surface area (Å²) in [5.74, 6) is 0. The number of nitrogens with one attached hydrogen (secondary N) is 1. The van der Waals surface area contributed by atoms with Gasteiger partial charge in [-0.05, 0) is 6.42 Å². The smallest absolute Gasteiger partial charge is 0.317 e. The van der Waals surface area contributed by atoms with Crippen molar-refractivity contribution in [3.63, 3.8) is 0 Å². The molecule has 0 radical (unpaired) electrons. The predicted molar refractivity (Wildman–Crippen MR) is 99.1 cm³/mol. The van der Waals surface area contributed by atoms with Gasteiger partial charge >= 0.3 is 6.03 Å². The molecular weight excluding hydrogens is 362 g/mol. The quantitative estimate of drug-likeness (QED) is 0.707. The Morgan fingerprint density at radius 1 is 1.46 bits per heavy atom. The summed E-state index contributed by atoms with van der Waals surface area (Å²) in [6, 6.07) is -0.283. The number of fused-ring (bicyclic) bond motifs is 1. The molecule has 0 saturated carbocycles. The Balaban J connectivity index is 1.98. The minimum Gasteiger partial charge on any atom is -0.377 e. The van der Waals surface area contributed by atoms with Crippen molar-refractivity contribution in [1.82, 2.24) is 24.8 Å². The fourth-order valence-electron chi connectivity index (χ4n) is 3.34. The SMILES string of the molecule is BC1(B)[C@H](CCC)NC(=O)N1Cc1c(C(F)F)nc2sc(COC)nn12. The summed E-state index contributed by atoms with van der Waals surface area (Å²) >= 11 is 1.20. The number of nitrogens with zero attached hydrogens (tertiary/aromatic N) is 4. The molecule has 0 bridgehead atoms. The molecule has 0 aromatic carbocycles. The van der Waals surface area contributed by atoms with Gasteiger partial charge in [0, 0.05) is 18.5 Å². The Hall–Kier alpha value is -1.68. The topological polar surface area (TPSA) is 71.8 Å². The second-order valence-corrected chi connectivity index (χ2v) is 7.94. The van der Waals surface area contributed by atoms with Crippen LogP contribution in [0, 0.1) is 0 Å². The molecule has 2 aromatic rings. The van der Waals surface area contributed by atoms with E-state index in [-0.39, 0.29) is 36.6 Å². The molecule has 12 heteroatoms. The molecule has 0 aliphatic carbocycles. The number of ether oxygens (including phenoxy) is 1. The first-order chi connectivity index (χ1) is 12.3. The zero-order valence-electron chi connectivity index (χ0n) is 15.3. The lowest BCUT2D eigenvalue weighted by molar-refractivity contribution is 0.143. The van der Waals surface area contributed by atoms with Crippen LogP contribution in [0.25, 0.3) is 4.96 Å². The summed E-state index contributed by atoms with van der Waals surface area (Å²) in [6.07, 6.45) is -0.980. The van der Waals surface area contributed by atoms with Crippen LogP contribution in [0.3, 0.4) is 0 Å². The van der Waals surface area contributed by atoms with E-state index in [4.69, 9.17) is 4.74 Å². The van der Waals surface area contributed by atoms with Crippen LogP contribution in [0.15, 0.2) is 0 Å². The normalized spacial score (nSPS) is 19.7. The number of urea groups is 1. The number of methoxy groups -OCH3 is 1. The third kappa shape index (κ3) is 3.20. The summed E-state index contributed by atoms with van der Waals surface area (Å²) in [5.41, 5.74) is -0.0794. The largest absolute Gasteiger partial charge is 0.377 e. The maximum Gasteiger partial charge on any atom is 0.317 e. The molecule has 2 aromatic heterocycles. The van der Waals surface area contributed by atoms with Crippen molar-refractivity contribution in [3.8, 4) is 0 Å². The summed E-state index contributed by atoms with van der Waals surface area (Å²) in [7, 11) is 5.44. The molecule has 3 heterocycles. The van der Waals surface area contributed by atoms with Gasteiger partial charge in [-0.1, -0.05) is 24.7 Å². The highest BCUT2D eigenvalue weighted by Crippen LogP contribution is 2.31. The van der Waals surface area contributed by atoms with Gasteiger partial charge in [-0.2, -0.15) is 5.10 Å². The summed E-state index contributed by atoms with van der Waals surface area (Å²) in [4.78, 5) is 18.5. The van der Waals surface area contributed by atoms with Crippen LogP contribution in [-0.2, 0) is 17.9 Å². The van der Waals surface area contributed by atoms with Crippen LogP contribution in [-0.4, -0.2) is 59.7 Å². The van der Waals surface area contributed by atoms with E-state index in [9.17, 15) is 13.6 Å². The summed E-state index contributed by atoms with van der Waals surface area (Å²) in [5, 5.41) is 7.44. The van der Waals surface area contributed by atoms with Crippen LogP contribution in [0.5, 0.6) is 0 Å². The lowest BCUT2D eigenvalue weighted by atomic mass is 9.56. The number of amides is 2. The van der Waals surface area contributed by atoms with E-state index in [0.29, 0.717) is 9.97 Å². The first-order valence-electron chi connectivity index (χ1n) is 8.52. The van der Waals surface area contributed by atoms with Gasteiger partial charge in [0.2, 0.25) is 4.96 Å². The molecule has 1 aliphatic heterocycles. The number of aromatic nitrogens is 3. The molecule has 1 aliphatic rings. The van der Waals surface area contributed by atoms with E-state index in [2.05, 4.69) is 15.4 Å². The molecule has 26 heavy (non-hydrogen) atoms. The fourth-order valence-corrected chi connectivity index (χ4v) is 4.23. The first-order valence-corrected chi connectivity index (χ1v) is 9.33. The van der Waals surface area contributed by atoms with E-state index < -0.39 is 11.8 Å². The third-order valence-electron chi connectivity index (χ3n) is 4.82. The number of hydrogen-bond acceptors (Lipinski definition) is 5. The number of halogens is 2. The molecule has 3 rings (SSSR count). The van der Waals surface area contributed by atoms with Gasteiger partial charge in [-0.15, -0.1) is 0 Å². The van der Waals surface area contributed by atoms with E-state index in [1.54, 1.807) is 12.0 Å². The Bertz CT molecular complexity index is 813. The predicted octanol–water partition coefficient (Wildman–Crippen LogP) is 0.489. The summed E-state index contributed by atoms with van der Waals surface area (Å²) < 4.78 is 33.5. The van der Waals surface area contributed by atoms with Crippen molar-refractivity contribution >= 4 is 38.0 Å². The van der Waals surface area contributed by atoms with E-state index in [1.807, 2.05) is 22.6 Å². The monoisotopic (exact) mass is 383 g/mol. The average Bonchev–Trinajstić information content (AvgIpc) is 3.15. The number of alkyl halides is 2. The Morgan fingerprint density at radius 3 is 2.81 bits per heavy atom. The van der Waals surface area contributed by atoms with Gasteiger partial charge in [0.15, 0.2) is 0 Å². The number of imidazole rings is 1. The minimum absolute atomic E-state index is 0.0239. The van der Waals surface area contributed by atoms with E-state index in [0.717, 1.165) is 12.8 Å². The van der Waals surface area contributed by atoms with Gasteiger partial charge in [0.05, 0.1) is 18.8 Å². The molecule has 1 N–H and O–H groups in total. The van der Waals surface area contributed by atoms with Gasteiger partial charge in [-0.3, -0.25) is 0 Å². The number of carbonyl (C=O) groups is 1. The van der Waals surface area contributed by atoms with Crippen molar-refractivity contribution in [2.75, 3.05) is 7.11 Å². The molecule has 0 spiro atoms. The third-order valence-corrected chi connectivity index (χ3v) is 5.70. The molecule has 2 amide bonds. The highest BCUT2D eigenvalue weighted by atomic mass is 32.1. The minimum atomic E-state index is -2.73. The van der Waals surface area contributed by atoms with Crippen molar-refractivity contribution in [3.05, 3.63) is 16.4 Å². The van der Waals surface area contributed by atoms with Crippen molar-refractivity contribution in [1.29, 1.82) is 0 Å². The van der Waals surface area contributed by atoms with Crippen molar-refractivity contribution in [2.45, 2.75) is 50.7 Å².